The lowest BCUT2D eigenvalue weighted by Gasteiger charge is -2.33. The Kier molecular flexibility index (Phi) is 4.43. The van der Waals surface area contributed by atoms with E-state index in [0.717, 1.165) is 36.9 Å². The van der Waals surface area contributed by atoms with Gasteiger partial charge in [-0.05, 0) is 50.5 Å². The lowest BCUT2D eigenvalue weighted by Crippen LogP contribution is -2.39. The van der Waals surface area contributed by atoms with Gasteiger partial charge in [-0.25, -0.2) is 0 Å². The number of nitrogens with two attached hydrogens (primary N) is 1. The fraction of sp³-hybridized carbons (Fsp3) is 0.625. The molecule has 1 aromatic carbocycles. The number of piperidine rings is 1. The van der Waals surface area contributed by atoms with Gasteiger partial charge in [-0.1, -0.05) is 12.1 Å². The maximum atomic E-state index is 5.99. The lowest BCUT2D eigenvalue weighted by molar-refractivity contribution is 0.0703. The second-order valence-electron chi connectivity index (χ2n) is 5.81. The first-order valence-corrected chi connectivity index (χ1v) is 7.66. The average Bonchev–Trinajstić information content (AvgIpc) is 2.53. The zero-order valence-electron chi connectivity index (χ0n) is 12.0. The predicted octanol–water partition coefficient (Wildman–Crippen LogP) is 1.89. The van der Waals surface area contributed by atoms with Gasteiger partial charge < -0.3 is 20.1 Å². The standard InChI is InChI=1S/C16H24N2O2/c17-11-13-5-8-18(9-6-13)10-7-14-12-19-15-3-1-2-4-16(15)20-14/h1-4,13-14H,5-12,17H2. The number of hydrogen-bond donors (Lipinski definition) is 1. The summed E-state index contributed by atoms with van der Waals surface area (Å²) in [5, 5.41) is 0. The highest BCUT2D eigenvalue weighted by Crippen LogP contribution is 2.31. The van der Waals surface area contributed by atoms with Crippen molar-refractivity contribution >= 4 is 0 Å². The first kappa shape index (κ1) is 13.7. The van der Waals surface area contributed by atoms with Gasteiger partial charge in [-0.15, -0.1) is 0 Å². The molecule has 0 amide bonds. The number of rotatable bonds is 4. The number of hydrogen-bond acceptors (Lipinski definition) is 4. The van der Waals surface area contributed by atoms with Crippen molar-refractivity contribution in [1.29, 1.82) is 0 Å². The minimum absolute atomic E-state index is 0.178. The molecule has 0 aromatic heterocycles. The molecule has 4 heteroatoms. The highest BCUT2D eigenvalue weighted by molar-refractivity contribution is 5.40. The molecule has 3 rings (SSSR count). The third kappa shape index (κ3) is 3.25. The van der Waals surface area contributed by atoms with Crippen molar-refractivity contribution in [2.45, 2.75) is 25.4 Å². The number of fused-ring (bicyclic) bond motifs is 1. The molecule has 0 spiro atoms. The zero-order valence-corrected chi connectivity index (χ0v) is 12.0. The quantitative estimate of drug-likeness (QED) is 0.912. The normalized spacial score (nSPS) is 23.8. The monoisotopic (exact) mass is 276 g/mol. The van der Waals surface area contributed by atoms with Crippen LogP contribution in [-0.2, 0) is 0 Å². The molecule has 2 N–H and O–H groups in total. The van der Waals surface area contributed by atoms with E-state index in [9.17, 15) is 0 Å². The minimum atomic E-state index is 0.178. The van der Waals surface area contributed by atoms with Crippen molar-refractivity contribution in [3.05, 3.63) is 24.3 Å². The van der Waals surface area contributed by atoms with Crippen LogP contribution in [0.5, 0.6) is 11.5 Å². The largest absolute Gasteiger partial charge is 0.486 e. The molecule has 1 saturated heterocycles. The summed E-state index contributed by atoms with van der Waals surface area (Å²) in [5.41, 5.74) is 5.73. The minimum Gasteiger partial charge on any atom is -0.486 e. The lowest BCUT2D eigenvalue weighted by atomic mass is 9.97. The Morgan fingerprint density at radius 1 is 1.15 bits per heavy atom. The molecular formula is C16H24N2O2. The van der Waals surface area contributed by atoms with Crippen LogP contribution < -0.4 is 15.2 Å². The topological polar surface area (TPSA) is 47.7 Å². The molecule has 2 aliphatic rings. The van der Waals surface area contributed by atoms with Gasteiger partial charge >= 0.3 is 0 Å². The van der Waals surface area contributed by atoms with Crippen molar-refractivity contribution < 1.29 is 9.47 Å². The summed E-state index contributed by atoms with van der Waals surface area (Å²) in [7, 11) is 0. The summed E-state index contributed by atoms with van der Waals surface area (Å²) in [6.07, 6.45) is 3.68. The Labute approximate surface area is 120 Å². The van der Waals surface area contributed by atoms with Gasteiger partial charge in [0.25, 0.3) is 0 Å². The smallest absolute Gasteiger partial charge is 0.161 e. The van der Waals surface area contributed by atoms with Gasteiger partial charge in [-0.3, -0.25) is 0 Å². The molecule has 1 unspecified atom stereocenters. The molecule has 110 valence electrons. The third-order valence-corrected chi connectivity index (χ3v) is 4.38. The Bertz CT molecular complexity index is 430. The molecule has 2 aliphatic heterocycles. The summed E-state index contributed by atoms with van der Waals surface area (Å²) >= 11 is 0. The van der Waals surface area contributed by atoms with Crippen LogP contribution in [0.2, 0.25) is 0 Å². The number of para-hydroxylation sites is 2. The second-order valence-corrected chi connectivity index (χ2v) is 5.81. The second kappa shape index (κ2) is 6.46. The zero-order chi connectivity index (χ0) is 13.8. The number of ether oxygens (including phenoxy) is 2. The van der Waals surface area contributed by atoms with E-state index in [4.69, 9.17) is 15.2 Å². The maximum absolute atomic E-state index is 5.99. The Hall–Kier alpha value is -1.26. The number of benzene rings is 1. The summed E-state index contributed by atoms with van der Waals surface area (Å²) in [5.74, 6) is 2.48. The van der Waals surface area contributed by atoms with Crippen molar-refractivity contribution in [3.63, 3.8) is 0 Å². The molecule has 0 radical (unpaired) electrons. The van der Waals surface area contributed by atoms with E-state index in [1.165, 1.54) is 25.9 Å². The maximum Gasteiger partial charge on any atom is 0.161 e. The first-order valence-electron chi connectivity index (χ1n) is 7.66. The highest BCUT2D eigenvalue weighted by Gasteiger charge is 2.23. The van der Waals surface area contributed by atoms with E-state index < -0.39 is 0 Å². The summed E-state index contributed by atoms with van der Waals surface area (Å²) in [6, 6.07) is 7.91. The first-order chi connectivity index (χ1) is 9.85. The van der Waals surface area contributed by atoms with Crippen LogP contribution in [0.3, 0.4) is 0 Å². The van der Waals surface area contributed by atoms with Crippen LogP contribution in [-0.4, -0.2) is 43.8 Å². The Morgan fingerprint density at radius 3 is 2.65 bits per heavy atom. The van der Waals surface area contributed by atoms with Crippen LogP contribution >= 0.6 is 0 Å². The highest BCUT2D eigenvalue weighted by atomic mass is 16.6. The Balaban J connectivity index is 1.44. The third-order valence-electron chi connectivity index (χ3n) is 4.38. The molecule has 0 bridgehead atoms. The van der Waals surface area contributed by atoms with E-state index in [1.807, 2.05) is 24.3 Å². The average molecular weight is 276 g/mol. The van der Waals surface area contributed by atoms with Crippen LogP contribution in [0.15, 0.2) is 24.3 Å². The molecule has 0 saturated carbocycles. The van der Waals surface area contributed by atoms with E-state index in [0.29, 0.717) is 6.61 Å². The molecule has 2 heterocycles. The van der Waals surface area contributed by atoms with Crippen molar-refractivity contribution in [2.24, 2.45) is 11.7 Å². The number of nitrogens with zero attached hydrogens (tertiary/aromatic N) is 1. The van der Waals surface area contributed by atoms with Crippen molar-refractivity contribution in [3.8, 4) is 11.5 Å². The number of likely N-dealkylation sites (tertiary alicyclic amines) is 1. The predicted molar refractivity (Wildman–Crippen MR) is 79.2 cm³/mol. The van der Waals surface area contributed by atoms with Gasteiger partial charge in [0.05, 0.1) is 0 Å². The molecule has 0 aliphatic carbocycles. The van der Waals surface area contributed by atoms with Gasteiger partial charge in [0.1, 0.15) is 12.7 Å². The van der Waals surface area contributed by atoms with E-state index in [2.05, 4.69) is 4.90 Å². The van der Waals surface area contributed by atoms with E-state index in [-0.39, 0.29) is 6.10 Å². The summed E-state index contributed by atoms with van der Waals surface area (Å²) in [6.45, 7) is 4.94. The van der Waals surface area contributed by atoms with Crippen LogP contribution in [0.1, 0.15) is 19.3 Å². The molecular weight excluding hydrogens is 252 g/mol. The van der Waals surface area contributed by atoms with Gasteiger partial charge in [0, 0.05) is 13.0 Å². The summed E-state index contributed by atoms with van der Waals surface area (Å²) < 4.78 is 11.7. The van der Waals surface area contributed by atoms with Crippen LogP contribution in [0.4, 0.5) is 0 Å². The van der Waals surface area contributed by atoms with Crippen molar-refractivity contribution in [2.75, 3.05) is 32.8 Å². The van der Waals surface area contributed by atoms with E-state index >= 15 is 0 Å². The fourth-order valence-electron chi connectivity index (χ4n) is 2.98. The van der Waals surface area contributed by atoms with E-state index in [1.54, 1.807) is 0 Å². The van der Waals surface area contributed by atoms with Crippen LogP contribution in [0, 0.1) is 5.92 Å². The van der Waals surface area contributed by atoms with Gasteiger partial charge in [-0.2, -0.15) is 0 Å². The molecule has 1 aromatic rings. The molecule has 4 nitrogen and oxygen atoms in total. The van der Waals surface area contributed by atoms with Crippen LogP contribution in [0.25, 0.3) is 0 Å². The molecule has 1 atom stereocenters. The van der Waals surface area contributed by atoms with Gasteiger partial charge in [0.15, 0.2) is 11.5 Å². The molecule has 1 fully saturated rings. The molecule has 20 heavy (non-hydrogen) atoms. The van der Waals surface area contributed by atoms with Crippen molar-refractivity contribution in [1.82, 2.24) is 4.90 Å². The fourth-order valence-corrected chi connectivity index (χ4v) is 2.98. The Morgan fingerprint density at radius 2 is 1.90 bits per heavy atom. The SMILES string of the molecule is NCC1CCN(CCC2COc3ccccc3O2)CC1. The summed E-state index contributed by atoms with van der Waals surface area (Å²) in [4.78, 5) is 2.52. The van der Waals surface area contributed by atoms with Gasteiger partial charge in [0.2, 0.25) is 0 Å².